The van der Waals surface area contributed by atoms with E-state index in [9.17, 15) is 0 Å². The zero-order chi connectivity index (χ0) is 12.1. The lowest BCUT2D eigenvalue weighted by Gasteiger charge is -2.26. The smallest absolute Gasteiger partial charge is 0.0271 e. The van der Waals surface area contributed by atoms with Gasteiger partial charge in [-0.05, 0) is 43.1 Å². The first kappa shape index (κ1) is 12.5. The Morgan fingerprint density at radius 1 is 1.41 bits per heavy atom. The topological polar surface area (TPSA) is 28.2 Å². The molecule has 2 heterocycles. The zero-order valence-corrected chi connectivity index (χ0v) is 10.9. The van der Waals surface area contributed by atoms with Crippen LogP contribution in [-0.2, 0) is 6.54 Å². The molecule has 2 unspecified atom stereocenters. The van der Waals surface area contributed by atoms with Crippen LogP contribution in [0.25, 0.3) is 0 Å². The van der Waals surface area contributed by atoms with Gasteiger partial charge in [0.25, 0.3) is 0 Å². The van der Waals surface area contributed by atoms with E-state index in [1.165, 1.54) is 18.5 Å². The van der Waals surface area contributed by atoms with Crippen LogP contribution in [0.15, 0.2) is 24.5 Å². The average Bonchev–Trinajstić information content (AvgIpc) is 2.75. The van der Waals surface area contributed by atoms with Gasteiger partial charge in [-0.25, -0.2) is 0 Å². The van der Waals surface area contributed by atoms with Crippen molar-refractivity contribution in [3.8, 4) is 0 Å². The molecule has 94 valence electrons. The van der Waals surface area contributed by atoms with Crippen LogP contribution >= 0.6 is 0 Å². The molecule has 1 aromatic heterocycles. The van der Waals surface area contributed by atoms with Crippen molar-refractivity contribution in [3.05, 3.63) is 30.1 Å². The van der Waals surface area contributed by atoms with Gasteiger partial charge >= 0.3 is 0 Å². The van der Waals surface area contributed by atoms with Gasteiger partial charge in [-0.3, -0.25) is 9.88 Å². The number of rotatable bonds is 5. The molecular formula is C14H23N3. The summed E-state index contributed by atoms with van der Waals surface area (Å²) in [7, 11) is 0. The van der Waals surface area contributed by atoms with Gasteiger partial charge in [-0.15, -0.1) is 0 Å². The van der Waals surface area contributed by atoms with Gasteiger partial charge in [0.1, 0.15) is 0 Å². The molecule has 0 amide bonds. The molecule has 2 atom stereocenters. The molecule has 1 fully saturated rings. The van der Waals surface area contributed by atoms with Crippen molar-refractivity contribution in [1.82, 2.24) is 15.2 Å². The fourth-order valence-electron chi connectivity index (χ4n) is 2.47. The summed E-state index contributed by atoms with van der Waals surface area (Å²) in [5, 5.41) is 3.60. The number of pyridine rings is 1. The van der Waals surface area contributed by atoms with E-state index in [0.29, 0.717) is 6.04 Å². The Morgan fingerprint density at radius 2 is 2.18 bits per heavy atom. The predicted octanol–water partition coefficient (Wildman–Crippen LogP) is 1.90. The van der Waals surface area contributed by atoms with Crippen molar-refractivity contribution in [2.45, 2.75) is 32.9 Å². The van der Waals surface area contributed by atoms with Crippen LogP contribution in [0.5, 0.6) is 0 Å². The van der Waals surface area contributed by atoms with Gasteiger partial charge in [0.2, 0.25) is 0 Å². The lowest BCUT2D eigenvalue weighted by atomic mass is 10.0. The van der Waals surface area contributed by atoms with Gasteiger partial charge in [0, 0.05) is 31.5 Å². The molecule has 3 heteroatoms. The monoisotopic (exact) mass is 233 g/mol. The van der Waals surface area contributed by atoms with Gasteiger partial charge in [-0.1, -0.05) is 13.8 Å². The van der Waals surface area contributed by atoms with Gasteiger partial charge in [-0.2, -0.15) is 0 Å². The third kappa shape index (κ3) is 3.51. The fourth-order valence-corrected chi connectivity index (χ4v) is 2.47. The van der Waals surface area contributed by atoms with E-state index in [1.54, 1.807) is 0 Å². The minimum absolute atomic E-state index is 0.664. The third-order valence-electron chi connectivity index (χ3n) is 3.75. The maximum Gasteiger partial charge on any atom is 0.0271 e. The minimum Gasteiger partial charge on any atom is -0.312 e. The number of hydrogen-bond acceptors (Lipinski definition) is 3. The standard InChI is InChI=1S/C14H23N3/c1-3-17(10-13-5-7-15-8-6-13)11-14-12(2)4-9-16-14/h5-8,12,14,16H,3-4,9-11H2,1-2H3. The van der Waals surface area contributed by atoms with Crippen molar-refractivity contribution in [3.63, 3.8) is 0 Å². The Labute approximate surface area is 104 Å². The largest absolute Gasteiger partial charge is 0.312 e. The van der Waals surface area contributed by atoms with Crippen LogP contribution in [0.3, 0.4) is 0 Å². The SMILES string of the molecule is CCN(Cc1ccncc1)CC1NCCC1C. The van der Waals surface area contributed by atoms with Gasteiger partial charge < -0.3 is 5.32 Å². The van der Waals surface area contributed by atoms with E-state index < -0.39 is 0 Å². The molecule has 3 nitrogen and oxygen atoms in total. The van der Waals surface area contributed by atoms with Crippen molar-refractivity contribution < 1.29 is 0 Å². The Hall–Kier alpha value is -0.930. The summed E-state index contributed by atoms with van der Waals surface area (Å²) >= 11 is 0. The number of hydrogen-bond donors (Lipinski definition) is 1. The number of likely N-dealkylation sites (N-methyl/N-ethyl adjacent to an activating group) is 1. The summed E-state index contributed by atoms with van der Waals surface area (Å²) < 4.78 is 0. The highest BCUT2D eigenvalue weighted by molar-refractivity contribution is 5.09. The predicted molar refractivity (Wildman–Crippen MR) is 70.8 cm³/mol. The average molecular weight is 233 g/mol. The van der Waals surface area contributed by atoms with Crippen molar-refractivity contribution in [2.75, 3.05) is 19.6 Å². The lowest BCUT2D eigenvalue weighted by molar-refractivity contribution is 0.236. The van der Waals surface area contributed by atoms with Crippen LogP contribution in [0.2, 0.25) is 0 Å². The molecule has 0 aliphatic carbocycles. The third-order valence-corrected chi connectivity index (χ3v) is 3.75. The lowest BCUT2D eigenvalue weighted by Crippen LogP contribution is -2.39. The summed E-state index contributed by atoms with van der Waals surface area (Å²) in [5.41, 5.74) is 1.35. The van der Waals surface area contributed by atoms with Crippen molar-refractivity contribution in [2.24, 2.45) is 5.92 Å². The molecule has 1 N–H and O–H groups in total. The van der Waals surface area contributed by atoms with Crippen LogP contribution in [0.4, 0.5) is 0 Å². The van der Waals surface area contributed by atoms with Gasteiger partial charge in [0.05, 0.1) is 0 Å². The summed E-state index contributed by atoms with van der Waals surface area (Å²) in [6.45, 7) is 9.06. The second kappa shape index (κ2) is 6.12. The quantitative estimate of drug-likeness (QED) is 0.842. The molecule has 0 bridgehead atoms. The highest BCUT2D eigenvalue weighted by Gasteiger charge is 2.24. The molecule has 17 heavy (non-hydrogen) atoms. The molecule has 1 aliphatic rings. The van der Waals surface area contributed by atoms with E-state index in [1.807, 2.05) is 12.4 Å². The molecular weight excluding hydrogens is 210 g/mol. The van der Waals surface area contributed by atoms with Crippen LogP contribution in [0.1, 0.15) is 25.8 Å². The molecule has 0 aromatic carbocycles. The Balaban J connectivity index is 1.88. The van der Waals surface area contributed by atoms with Crippen molar-refractivity contribution in [1.29, 1.82) is 0 Å². The first-order valence-electron chi connectivity index (χ1n) is 6.64. The first-order valence-corrected chi connectivity index (χ1v) is 6.64. The summed E-state index contributed by atoms with van der Waals surface area (Å²) in [5.74, 6) is 0.807. The summed E-state index contributed by atoms with van der Waals surface area (Å²) in [6, 6.07) is 4.87. The minimum atomic E-state index is 0.664. The van der Waals surface area contributed by atoms with E-state index in [4.69, 9.17) is 0 Å². The van der Waals surface area contributed by atoms with E-state index in [0.717, 1.165) is 25.6 Å². The molecule has 2 rings (SSSR count). The van der Waals surface area contributed by atoms with Gasteiger partial charge in [0.15, 0.2) is 0 Å². The van der Waals surface area contributed by atoms with Crippen LogP contribution < -0.4 is 5.32 Å². The molecule has 1 aromatic rings. The maximum absolute atomic E-state index is 4.06. The Morgan fingerprint density at radius 3 is 2.76 bits per heavy atom. The molecule has 1 saturated heterocycles. The summed E-state index contributed by atoms with van der Waals surface area (Å²) in [6.07, 6.45) is 5.07. The number of nitrogens with zero attached hydrogens (tertiary/aromatic N) is 2. The fraction of sp³-hybridized carbons (Fsp3) is 0.643. The Kier molecular flexibility index (Phi) is 4.51. The molecule has 0 spiro atoms. The van der Waals surface area contributed by atoms with E-state index in [-0.39, 0.29) is 0 Å². The Bertz CT molecular complexity index is 325. The zero-order valence-electron chi connectivity index (χ0n) is 10.9. The van der Waals surface area contributed by atoms with E-state index in [2.05, 4.69) is 41.2 Å². The molecule has 1 aliphatic heterocycles. The number of aromatic nitrogens is 1. The van der Waals surface area contributed by atoms with Crippen LogP contribution in [-0.4, -0.2) is 35.6 Å². The number of nitrogens with one attached hydrogen (secondary N) is 1. The summed E-state index contributed by atoms with van der Waals surface area (Å²) in [4.78, 5) is 6.57. The molecule has 0 radical (unpaired) electrons. The maximum atomic E-state index is 4.06. The van der Waals surface area contributed by atoms with Crippen molar-refractivity contribution >= 4 is 0 Å². The molecule has 0 saturated carbocycles. The second-order valence-corrected chi connectivity index (χ2v) is 5.01. The first-order chi connectivity index (χ1) is 8.29. The van der Waals surface area contributed by atoms with Crippen LogP contribution in [0, 0.1) is 5.92 Å². The highest BCUT2D eigenvalue weighted by Crippen LogP contribution is 2.16. The second-order valence-electron chi connectivity index (χ2n) is 5.01. The van der Waals surface area contributed by atoms with E-state index >= 15 is 0 Å². The normalized spacial score (nSPS) is 24.4. The highest BCUT2D eigenvalue weighted by atomic mass is 15.2.